The molecule has 0 aliphatic carbocycles. The van der Waals surface area contributed by atoms with Gasteiger partial charge in [-0.3, -0.25) is 4.68 Å². The smallest absolute Gasteiger partial charge is 0.0863 e. The molecule has 0 aliphatic heterocycles. The first-order valence-electron chi connectivity index (χ1n) is 7.38. The van der Waals surface area contributed by atoms with Gasteiger partial charge < -0.3 is 10.1 Å². The Bertz CT molecular complexity index is 415. The van der Waals surface area contributed by atoms with Crippen molar-refractivity contribution >= 4 is 11.6 Å². The van der Waals surface area contributed by atoms with Crippen LogP contribution in [0.2, 0.25) is 5.02 Å². The lowest BCUT2D eigenvalue weighted by atomic mass is 9.90. The van der Waals surface area contributed by atoms with E-state index in [9.17, 15) is 0 Å². The molecular weight excluding hydrogens is 274 g/mol. The van der Waals surface area contributed by atoms with Crippen LogP contribution in [0, 0.1) is 5.41 Å². The average molecular weight is 302 g/mol. The van der Waals surface area contributed by atoms with Crippen LogP contribution in [-0.4, -0.2) is 30.0 Å². The molecule has 0 bridgehead atoms. The molecule has 1 aromatic heterocycles. The van der Waals surface area contributed by atoms with E-state index in [1.165, 1.54) is 0 Å². The van der Waals surface area contributed by atoms with E-state index in [4.69, 9.17) is 16.3 Å². The minimum Gasteiger partial charge on any atom is -0.385 e. The van der Waals surface area contributed by atoms with Gasteiger partial charge in [0.15, 0.2) is 0 Å². The lowest BCUT2D eigenvalue weighted by Crippen LogP contribution is -2.30. The summed E-state index contributed by atoms with van der Waals surface area (Å²) in [5.74, 6) is 0. The molecule has 0 aromatic carbocycles. The fraction of sp³-hybridized carbons (Fsp3) is 0.800. The monoisotopic (exact) mass is 301 g/mol. The van der Waals surface area contributed by atoms with Gasteiger partial charge in [-0.25, -0.2) is 0 Å². The number of methoxy groups -OCH3 is 1. The Morgan fingerprint density at radius 3 is 2.60 bits per heavy atom. The first-order chi connectivity index (χ1) is 9.45. The molecule has 1 rings (SSSR count). The Hall–Kier alpha value is -0.580. The predicted octanol–water partition coefficient (Wildman–Crippen LogP) is 3.27. The van der Waals surface area contributed by atoms with Gasteiger partial charge in [0.1, 0.15) is 0 Å². The van der Waals surface area contributed by atoms with Crippen LogP contribution in [0.15, 0.2) is 0 Å². The van der Waals surface area contributed by atoms with Gasteiger partial charge in [0.2, 0.25) is 0 Å². The predicted molar refractivity (Wildman–Crippen MR) is 84.3 cm³/mol. The van der Waals surface area contributed by atoms with E-state index in [0.717, 1.165) is 55.5 Å². The van der Waals surface area contributed by atoms with Gasteiger partial charge >= 0.3 is 0 Å². The zero-order valence-corrected chi connectivity index (χ0v) is 14.2. The summed E-state index contributed by atoms with van der Waals surface area (Å²) in [7, 11) is 1.75. The van der Waals surface area contributed by atoms with E-state index in [1.54, 1.807) is 7.11 Å². The summed E-state index contributed by atoms with van der Waals surface area (Å²) in [4.78, 5) is 0. The van der Waals surface area contributed by atoms with Crippen LogP contribution in [0.1, 0.15) is 45.5 Å². The number of halogens is 1. The lowest BCUT2D eigenvalue weighted by Gasteiger charge is -2.24. The largest absolute Gasteiger partial charge is 0.385 e. The van der Waals surface area contributed by atoms with E-state index < -0.39 is 0 Å². The molecule has 1 heterocycles. The molecule has 0 fully saturated rings. The summed E-state index contributed by atoms with van der Waals surface area (Å²) in [6.45, 7) is 12.0. The molecule has 0 atom stereocenters. The molecule has 0 aliphatic rings. The Balaban J connectivity index is 2.59. The summed E-state index contributed by atoms with van der Waals surface area (Å²) in [6.07, 6.45) is 1.91. The van der Waals surface area contributed by atoms with Crippen molar-refractivity contribution in [2.75, 3.05) is 20.3 Å². The normalized spacial score (nSPS) is 12.1. The third kappa shape index (κ3) is 4.76. The van der Waals surface area contributed by atoms with Crippen molar-refractivity contribution in [3.05, 3.63) is 16.4 Å². The summed E-state index contributed by atoms with van der Waals surface area (Å²) in [6, 6.07) is 0. The number of aryl methyl sites for hydroxylation is 2. The van der Waals surface area contributed by atoms with Crippen molar-refractivity contribution in [3.8, 4) is 0 Å². The molecule has 4 nitrogen and oxygen atoms in total. The van der Waals surface area contributed by atoms with E-state index >= 15 is 0 Å². The molecule has 0 radical (unpaired) electrons. The third-order valence-corrected chi connectivity index (χ3v) is 4.01. The summed E-state index contributed by atoms with van der Waals surface area (Å²) < 4.78 is 7.15. The highest BCUT2D eigenvalue weighted by Crippen LogP contribution is 2.23. The highest BCUT2D eigenvalue weighted by molar-refractivity contribution is 6.31. The number of nitrogens with zero attached hydrogens (tertiary/aromatic N) is 2. The van der Waals surface area contributed by atoms with E-state index in [1.807, 2.05) is 4.68 Å². The number of hydrogen-bond donors (Lipinski definition) is 1. The number of aromatic nitrogens is 2. The number of ether oxygens (including phenoxy) is 1. The van der Waals surface area contributed by atoms with Gasteiger partial charge in [0, 0.05) is 33.4 Å². The second-order valence-electron chi connectivity index (χ2n) is 5.89. The van der Waals surface area contributed by atoms with Crippen LogP contribution in [0.25, 0.3) is 0 Å². The fourth-order valence-corrected chi connectivity index (χ4v) is 2.51. The minimum atomic E-state index is 0.215. The van der Waals surface area contributed by atoms with Crippen LogP contribution in [0.4, 0.5) is 0 Å². The van der Waals surface area contributed by atoms with Crippen molar-refractivity contribution in [2.24, 2.45) is 5.41 Å². The molecule has 5 heteroatoms. The zero-order chi connectivity index (χ0) is 15.2. The SMILES string of the molecule is CCc1nn(CC)c(CNCC(C)(C)CCOC)c1Cl. The van der Waals surface area contributed by atoms with Gasteiger partial charge in [-0.2, -0.15) is 5.10 Å². The van der Waals surface area contributed by atoms with Gasteiger partial charge in [-0.15, -0.1) is 0 Å². The zero-order valence-electron chi connectivity index (χ0n) is 13.4. The molecule has 0 saturated heterocycles. The Morgan fingerprint density at radius 1 is 1.35 bits per heavy atom. The molecule has 0 saturated carbocycles. The first-order valence-corrected chi connectivity index (χ1v) is 7.76. The molecule has 0 spiro atoms. The van der Waals surface area contributed by atoms with Crippen molar-refractivity contribution < 1.29 is 4.74 Å². The van der Waals surface area contributed by atoms with Crippen LogP contribution >= 0.6 is 11.6 Å². The van der Waals surface area contributed by atoms with Crippen LogP contribution in [0.3, 0.4) is 0 Å². The van der Waals surface area contributed by atoms with Crippen molar-refractivity contribution in [1.82, 2.24) is 15.1 Å². The maximum atomic E-state index is 6.40. The van der Waals surface area contributed by atoms with Gasteiger partial charge in [0.05, 0.1) is 16.4 Å². The van der Waals surface area contributed by atoms with Crippen LogP contribution < -0.4 is 5.32 Å². The van der Waals surface area contributed by atoms with Crippen LogP contribution in [0.5, 0.6) is 0 Å². The highest BCUT2D eigenvalue weighted by atomic mass is 35.5. The average Bonchev–Trinajstić information content (AvgIpc) is 2.73. The number of nitrogens with one attached hydrogen (secondary N) is 1. The molecule has 116 valence electrons. The Morgan fingerprint density at radius 2 is 2.05 bits per heavy atom. The van der Waals surface area contributed by atoms with Crippen molar-refractivity contribution in [2.45, 2.75) is 53.6 Å². The molecular formula is C15H28ClN3O. The molecule has 0 amide bonds. The molecule has 20 heavy (non-hydrogen) atoms. The number of hydrogen-bond acceptors (Lipinski definition) is 3. The molecule has 1 aromatic rings. The summed E-state index contributed by atoms with van der Waals surface area (Å²) >= 11 is 6.40. The third-order valence-electron chi connectivity index (χ3n) is 3.57. The summed E-state index contributed by atoms with van der Waals surface area (Å²) in [5, 5.41) is 8.86. The lowest BCUT2D eigenvalue weighted by molar-refractivity contribution is 0.150. The van der Waals surface area contributed by atoms with Crippen molar-refractivity contribution in [1.29, 1.82) is 0 Å². The second kappa shape index (κ2) is 8.01. The van der Waals surface area contributed by atoms with Gasteiger partial charge in [-0.05, 0) is 25.2 Å². The van der Waals surface area contributed by atoms with Gasteiger partial charge in [-0.1, -0.05) is 32.4 Å². The molecule has 1 N–H and O–H groups in total. The standard InChI is InChI=1S/C15H28ClN3O/c1-6-12-14(16)13(19(7-2)18-12)10-17-11-15(3,4)8-9-20-5/h17H,6-11H2,1-5H3. The maximum absolute atomic E-state index is 6.40. The highest BCUT2D eigenvalue weighted by Gasteiger charge is 2.19. The van der Waals surface area contributed by atoms with E-state index in [-0.39, 0.29) is 5.41 Å². The Labute approximate surface area is 127 Å². The number of rotatable bonds is 9. The van der Waals surface area contributed by atoms with E-state index in [2.05, 4.69) is 38.1 Å². The Kier molecular flexibility index (Phi) is 7.00. The van der Waals surface area contributed by atoms with E-state index in [0.29, 0.717) is 0 Å². The molecule has 0 unspecified atom stereocenters. The second-order valence-corrected chi connectivity index (χ2v) is 6.27. The first kappa shape index (κ1) is 17.5. The fourth-order valence-electron chi connectivity index (χ4n) is 2.17. The van der Waals surface area contributed by atoms with Gasteiger partial charge in [0.25, 0.3) is 0 Å². The summed E-state index contributed by atoms with van der Waals surface area (Å²) in [5.41, 5.74) is 2.30. The van der Waals surface area contributed by atoms with Crippen LogP contribution in [-0.2, 0) is 24.2 Å². The van der Waals surface area contributed by atoms with Crippen molar-refractivity contribution in [3.63, 3.8) is 0 Å². The maximum Gasteiger partial charge on any atom is 0.0863 e. The minimum absolute atomic E-state index is 0.215. The topological polar surface area (TPSA) is 39.1 Å². The quantitative estimate of drug-likeness (QED) is 0.761.